The maximum atomic E-state index is 12.7. The van der Waals surface area contributed by atoms with Gasteiger partial charge in [0.1, 0.15) is 5.54 Å². The van der Waals surface area contributed by atoms with E-state index in [4.69, 9.17) is 10.2 Å². The predicted octanol–water partition coefficient (Wildman–Crippen LogP) is 4.24. The molecule has 1 aliphatic carbocycles. The summed E-state index contributed by atoms with van der Waals surface area (Å²) in [6.07, 6.45) is 17.2. The molecule has 1 aromatic carbocycles. The average Bonchev–Trinajstić information content (AvgIpc) is 2.75. The van der Waals surface area contributed by atoms with Gasteiger partial charge in [0.15, 0.2) is 5.78 Å². The Morgan fingerprint density at radius 2 is 2.04 bits per heavy atom. The van der Waals surface area contributed by atoms with E-state index in [9.17, 15) is 4.79 Å². The molecule has 5 nitrogen and oxygen atoms in total. The summed E-state index contributed by atoms with van der Waals surface area (Å²) in [6.45, 7) is 0. The molecule has 0 bridgehead atoms. The van der Waals surface area contributed by atoms with Gasteiger partial charge in [0.25, 0.3) is 0 Å². The number of carbonyl (C=O) groups is 1. The number of ketones is 1. The van der Waals surface area contributed by atoms with Crippen LogP contribution in [0.15, 0.2) is 88.8 Å². The molecule has 1 unspecified atom stereocenters. The molecular formula is C23H19N3O2. The van der Waals surface area contributed by atoms with E-state index in [0.29, 0.717) is 18.4 Å². The highest BCUT2D eigenvalue weighted by molar-refractivity contribution is 6.00. The molecule has 0 fully saturated rings. The first-order valence-corrected chi connectivity index (χ1v) is 9.08. The van der Waals surface area contributed by atoms with E-state index >= 15 is 0 Å². The highest BCUT2D eigenvalue weighted by atomic mass is 16.4. The highest BCUT2D eigenvalue weighted by Gasteiger charge is 2.39. The molecule has 1 aromatic heterocycles. The Morgan fingerprint density at radius 3 is 2.82 bits per heavy atom. The predicted molar refractivity (Wildman–Crippen MR) is 110 cm³/mol. The van der Waals surface area contributed by atoms with Crippen LogP contribution >= 0.6 is 0 Å². The third-order valence-corrected chi connectivity index (χ3v) is 5.06. The van der Waals surface area contributed by atoms with Gasteiger partial charge in [0.05, 0.1) is 6.21 Å². The van der Waals surface area contributed by atoms with Crippen LogP contribution < -0.4 is 0 Å². The number of benzene rings is 1. The van der Waals surface area contributed by atoms with Crippen molar-refractivity contribution in [1.29, 1.82) is 0 Å². The summed E-state index contributed by atoms with van der Waals surface area (Å²) >= 11 is 0. The molecule has 2 aromatic rings. The molecule has 0 radical (unpaired) electrons. The van der Waals surface area contributed by atoms with Crippen molar-refractivity contribution in [3.8, 4) is 11.1 Å². The molecule has 0 spiro atoms. The third kappa shape index (κ3) is 3.11. The number of rotatable bonds is 4. The number of carbonyl (C=O) groups excluding carboxylic acids is 1. The molecule has 2 aliphatic rings. The molecule has 138 valence electrons. The minimum absolute atomic E-state index is 0.0770. The Morgan fingerprint density at radius 1 is 1.14 bits per heavy atom. The van der Waals surface area contributed by atoms with E-state index in [1.165, 1.54) is 6.21 Å². The number of nitrogens with zero attached hydrogens (tertiary/aromatic N) is 3. The quantitative estimate of drug-likeness (QED) is 0.498. The lowest BCUT2D eigenvalue weighted by molar-refractivity contribution is -0.115. The van der Waals surface area contributed by atoms with Crippen molar-refractivity contribution >= 4 is 18.2 Å². The molecule has 0 saturated carbocycles. The molecule has 0 amide bonds. The first kappa shape index (κ1) is 17.8. The first-order valence-electron chi connectivity index (χ1n) is 9.08. The summed E-state index contributed by atoms with van der Waals surface area (Å²) in [6, 6.07) is 9.64. The minimum Gasteiger partial charge on any atom is -0.411 e. The van der Waals surface area contributed by atoms with Gasteiger partial charge in [-0.1, -0.05) is 53.7 Å². The second-order valence-corrected chi connectivity index (χ2v) is 6.70. The summed E-state index contributed by atoms with van der Waals surface area (Å²) in [5.74, 6) is 0.0770. The van der Waals surface area contributed by atoms with Crippen LogP contribution in [0.4, 0.5) is 0 Å². The summed E-state index contributed by atoms with van der Waals surface area (Å²) in [5.41, 5.74) is 3.30. The molecule has 1 aliphatic heterocycles. The lowest BCUT2D eigenvalue weighted by Crippen LogP contribution is -2.32. The Kier molecular flexibility index (Phi) is 4.81. The Hall–Kier alpha value is -3.60. The van der Waals surface area contributed by atoms with Crippen molar-refractivity contribution in [1.82, 2.24) is 4.98 Å². The molecule has 4 rings (SSSR count). The van der Waals surface area contributed by atoms with Crippen molar-refractivity contribution in [2.24, 2.45) is 10.1 Å². The van der Waals surface area contributed by atoms with Gasteiger partial charge < -0.3 is 5.21 Å². The van der Waals surface area contributed by atoms with Crippen LogP contribution in [-0.4, -0.2) is 28.4 Å². The highest BCUT2D eigenvalue weighted by Crippen LogP contribution is 2.41. The molecule has 0 saturated heterocycles. The minimum atomic E-state index is -0.778. The van der Waals surface area contributed by atoms with Crippen molar-refractivity contribution in [2.75, 3.05) is 0 Å². The molecule has 5 heteroatoms. The SMILES string of the molecule is O=C1CC=CC=C1C1(c2cncc(-c3ccccc3C=NO)c2)CC=CC=N1. The van der Waals surface area contributed by atoms with Crippen LogP contribution in [-0.2, 0) is 10.3 Å². The van der Waals surface area contributed by atoms with Gasteiger partial charge in [-0.2, -0.15) is 0 Å². The van der Waals surface area contributed by atoms with E-state index in [1.807, 2.05) is 60.7 Å². The normalized spacial score (nSPS) is 21.3. The number of aliphatic imine (C=N–C) groups is 1. The summed E-state index contributed by atoms with van der Waals surface area (Å²) in [5, 5.41) is 12.1. The van der Waals surface area contributed by atoms with Crippen LogP contribution in [0.2, 0.25) is 0 Å². The zero-order chi connectivity index (χ0) is 19.4. The maximum absolute atomic E-state index is 12.7. The second kappa shape index (κ2) is 7.56. The topological polar surface area (TPSA) is 74.9 Å². The van der Waals surface area contributed by atoms with Crippen LogP contribution in [0.5, 0.6) is 0 Å². The lowest BCUT2D eigenvalue weighted by atomic mass is 9.75. The molecule has 1 atom stereocenters. The summed E-state index contributed by atoms with van der Waals surface area (Å²) in [7, 11) is 0. The maximum Gasteiger partial charge on any atom is 0.165 e. The standard InChI is InChI=1S/C23H19N3O2/c27-22-10-4-3-9-21(22)23(11-5-6-12-25-23)19-13-18(14-24-16-19)20-8-2-1-7-17(20)15-26-28/h1-9,12-16,28H,10-11H2. The number of allylic oxidation sites excluding steroid dienone is 4. The van der Waals surface area contributed by atoms with E-state index in [1.54, 1.807) is 18.6 Å². The number of hydrogen-bond acceptors (Lipinski definition) is 5. The summed E-state index contributed by atoms with van der Waals surface area (Å²) < 4.78 is 0. The van der Waals surface area contributed by atoms with Gasteiger partial charge in [0, 0.05) is 47.3 Å². The largest absolute Gasteiger partial charge is 0.411 e. The fourth-order valence-corrected chi connectivity index (χ4v) is 3.71. The van der Waals surface area contributed by atoms with Gasteiger partial charge in [0.2, 0.25) is 0 Å². The average molecular weight is 369 g/mol. The third-order valence-electron chi connectivity index (χ3n) is 5.06. The van der Waals surface area contributed by atoms with Gasteiger partial charge in [-0.05, 0) is 24.1 Å². The Labute approximate surface area is 163 Å². The zero-order valence-corrected chi connectivity index (χ0v) is 15.2. The van der Waals surface area contributed by atoms with Crippen molar-refractivity contribution in [2.45, 2.75) is 18.4 Å². The number of pyridine rings is 1. The van der Waals surface area contributed by atoms with Crippen molar-refractivity contribution in [3.05, 3.63) is 89.8 Å². The smallest absolute Gasteiger partial charge is 0.165 e. The second-order valence-electron chi connectivity index (χ2n) is 6.70. The Balaban J connectivity index is 1.87. The molecule has 2 heterocycles. The summed E-state index contributed by atoms with van der Waals surface area (Å²) in [4.78, 5) is 21.9. The fraction of sp³-hybridized carbons (Fsp3) is 0.130. The number of oxime groups is 1. The molecule has 28 heavy (non-hydrogen) atoms. The molecular weight excluding hydrogens is 350 g/mol. The number of aromatic nitrogens is 1. The van der Waals surface area contributed by atoms with Gasteiger partial charge in [-0.3, -0.25) is 14.8 Å². The van der Waals surface area contributed by atoms with Gasteiger partial charge in [-0.15, -0.1) is 0 Å². The van der Waals surface area contributed by atoms with Crippen molar-refractivity contribution < 1.29 is 10.0 Å². The van der Waals surface area contributed by atoms with Crippen LogP contribution in [0.25, 0.3) is 11.1 Å². The number of dihydropyridines is 1. The lowest BCUT2D eigenvalue weighted by Gasteiger charge is -2.33. The van der Waals surface area contributed by atoms with Crippen LogP contribution in [0.3, 0.4) is 0 Å². The van der Waals surface area contributed by atoms with Gasteiger partial charge in [-0.25, -0.2) is 0 Å². The zero-order valence-electron chi connectivity index (χ0n) is 15.2. The fourth-order valence-electron chi connectivity index (χ4n) is 3.71. The van der Waals surface area contributed by atoms with E-state index in [-0.39, 0.29) is 5.78 Å². The molecule has 1 N–H and O–H groups in total. The van der Waals surface area contributed by atoms with E-state index in [2.05, 4.69) is 10.1 Å². The van der Waals surface area contributed by atoms with E-state index in [0.717, 1.165) is 22.3 Å². The number of Topliss-reactive ketones (excluding diaryl/α,β-unsaturated/α-hetero) is 1. The first-order chi connectivity index (χ1) is 13.7. The van der Waals surface area contributed by atoms with Gasteiger partial charge >= 0.3 is 0 Å². The number of hydrogen-bond donors (Lipinski definition) is 1. The van der Waals surface area contributed by atoms with Crippen molar-refractivity contribution in [3.63, 3.8) is 0 Å². The Bertz CT molecular complexity index is 1060. The monoisotopic (exact) mass is 369 g/mol. The van der Waals surface area contributed by atoms with E-state index < -0.39 is 5.54 Å². The van der Waals surface area contributed by atoms with Crippen LogP contribution in [0.1, 0.15) is 24.0 Å². The van der Waals surface area contributed by atoms with Crippen LogP contribution in [0, 0.1) is 0 Å².